The zero-order valence-electron chi connectivity index (χ0n) is 6.18. The Hall–Kier alpha value is -1.82. The minimum atomic E-state index is -0.727. The van der Waals surface area contributed by atoms with Crippen molar-refractivity contribution >= 4 is 11.4 Å². The normalized spacial score (nSPS) is 9.42. The van der Waals surface area contributed by atoms with E-state index in [2.05, 4.69) is 0 Å². The first kappa shape index (κ1) is 8.28. The fourth-order valence-electron chi connectivity index (χ4n) is 0.762. The van der Waals surface area contributed by atoms with Crippen molar-refractivity contribution < 1.29 is 5.03 Å². The van der Waals surface area contributed by atoms with Gasteiger partial charge in [0.2, 0.25) is 0 Å². The highest BCUT2D eigenvalue weighted by Gasteiger charge is 2.10. The van der Waals surface area contributed by atoms with Crippen LogP contribution in [0.5, 0.6) is 0 Å². The monoisotopic (exact) mass is 168 g/mol. The number of nitrogen functional groups attached to an aromatic ring is 1. The largest absolute Gasteiger partial charge is 0.399 e. The second kappa shape index (κ2) is 3.05. The molecule has 0 unspecified atom stereocenters. The van der Waals surface area contributed by atoms with Gasteiger partial charge in [-0.25, -0.2) is 10.1 Å². The lowest BCUT2D eigenvalue weighted by atomic mass is 10.3. The molecule has 1 rings (SSSR count). The summed E-state index contributed by atoms with van der Waals surface area (Å²) < 4.78 is 0. The van der Waals surface area contributed by atoms with Crippen LogP contribution in [0.15, 0.2) is 24.3 Å². The van der Waals surface area contributed by atoms with Crippen molar-refractivity contribution in [3.05, 3.63) is 34.4 Å². The van der Waals surface area contributed by atoms with Gasteiger partial charge in [0.15, 0.2) is 5.03 Å². The maximum Gasteiger partial charge on any atom is 0.181 e. The molecule has 1 aromatic rings. The van der Waals surface area contributed by atoms with Gasteiger partial charge in [0.25, 0.3) is 0 Å². The molecule has 6 nitrogen and oxygen atoms in total. The van der Waals surface area contributed by atoms with Gasteiger partial charge in [-0.2, -0.15) is 5.84 Å². The second-order valence-corrected chi connectivity index (χ2v) is 2.18. The number of nitrogens with zero attached hydrogens (tertiary/aromatic N) is 2. The lowest BCUT2D eigenvalue weighted by molar-refractivity contribution is -0.496. The molecule has 0 aliphatic rings. The molecule has 0 bridgehead atoms. The van der Waals surface area contributed by atoms with E-state index in [-0.39, 0.29) is 5.69 Å². The number of nitro groups is 1. The van der Waals surface area contributed by atoms with Gasteiger partial charge >= 0.3 is 0 Å². The number of hydrogen-bond acceptors (Lipinski definition) is 4. The smallest absolute Gasteiger partial charge is 0.181 e. The SMILES string of the molecule is Nc1cccc(N(N)[N+](=O)[O-])c1. The fraction of sp³-hybridized carbons (Fsp3) is 0. The van der Waals surface area contributed by atoms with E-state index in [1.165, 1.54) is 12.1 Å². The third-order valence-corrected chi connectivity index (χ3v) is 1.31. The highest BCUT2D eigenvalue weighted by molar-refractivity contribution is 5.53. The zero-order valence-corrected chi connectivity index (χ0v) is 6.18. The molecule has 0 radical (unpaired) electrons. The summed E-state index contributed by atoms with van der Waals surface area (Å²) >= 11 is 0. The Bertz CT molecular complexity index is 301. The van der Waals surface area contributed by atoms with Crippen molar-refractivity contribution in [3.63, 3.8) is 0 Å². The highest BCUT2D eigenvalue weighted by atomic mass is 16.7. The maximum atomic E-state index is 10.2. The molecule has 64 valence electrons. The Kier molecular flexibility index (Phi) is 2.11. The standard InChI is InChI=1S/C6H8N4O2/c7-5-2-1-3-6(4-5)9(8)10(11)12/h1-4H,7-8H2. The van der Waals surface area contributed by atoms with Gasteiger partial charge in [-0.1, -0.05) is 6.07 Å². The van der Waals surface area contributed by atoms with Crippen LogP contribution >= 0.6 is 0 Å². The first-order valence-electron chi connectivity index (χ1n) is 3.16. The Morgan fingerprint density at radius 2 is 2.17 bits per heavy atom. The Labute approximate surface area is 68.5 Å². The average Bonchev–Trinajstić information content (AvgIpc) is 2.03. The molecule has 0 saturated heterocycles. The van der Waals surface area contributed by atoms with Crippen LogP contribution in [0.1, 0.15) is 0 Å². The van der Waals surface area contributed by atoms with E-state index in [9.17, 15) is 10.1 Å². The highest BCUT2D eigenvalue weighted by Crippen LogP contribution is 2.14. The summed E-state index contributed by atoms with van der Waals surface area (Å²) in [4.78, 5) is 10.2. The van der Waals surface area contributed by atoms with Crippen molar-refractivity contribution in [2.45, 2.75) is 0 Å². The summed E-state index contributed by atoms with van der Waals surface area (Å²) in [7, 11) is 0. The van der Waals surface area contributed by atoms with Crippen LogP contribution < -0.4 is 16.7 Å². The Morgan fingerprint density at radius 3 is 2.67 bits per heavy atom. The summed E-state index contributed by atoms with van der Waals surface area (Å²) in [5.41, 5.74) is 6.08. The predicted octanol–water partition coefficient (Wildman–Crippen LogP) is 0.141. The molecule has 0 aromatic heterocycles. The summed E-state index contributed by atoms with van der Waals surface area (Å²) in [6, 6.07) is 6.13. The molecule has 0 saturated carbocycles. The van der Waals surface area contributed by atoms with Crippen molar-refractivity contribution in [2.24, 2.45) is 5.84 Å². The fourth-order valence-corrected chi connectivity index (χ4v) is 0.762. The number of benzene rings is 1. The van der Waals surface area contributed by atoms with Crippen molar-refractivity contribution in [1.82, 2.24) is 0 Å². The molecule has 0 heterocycles. The molecule has 0 amide bonds. The van der Waals surface area contributed by atoms with Gasteiger partial charge < -0.3 is 5.73 Å². The van der Waals surface area contributed by atoms with Crippen molar-refractivity contribution in [3.8, 4) is 0 Å². The van der Waals surface area contributed by atoms with Gasteiger partial charge in [-0.15, -0.1) is 0 Å². The van der Waals surface area contributed by atoms with E-state index in [0.29, 0.717) is 10.8 Å². The minimum Gasteiger partial charge on any atom is -0.399 e. The summed E-state index contributed by atoms with van der Waals surface area (Å²) in [5, 5.41) is 9.86. The zero-order chi connectivity index (χ0) is 9.14. The number of hydrogen-bond donors (Lipinski definition) is 2. The van der Waals surface area contributed by atoms with Crippen LogP contribution in [-0.2, 0) is 0 Å². The van der Waals surface area contributed by atoms with E-state index in [1.54, 1.807) is 12.1 Å². The summed E-state index contributed by atoms with van der Waals surface area (Å²) in [6.07, 6.45) is 0. The van der Waals surface area contributed by atoms with Gasteiger partial charge in [0.05, 0.1) is 0 Å². The number of hydrazine groups is 2. The first-order valence-corrected chi connectivity index (χ1v) is 3.16. The second-order valence-electron chi connectivity index (χ2n) is 2.18. The molecule has 4 N–H and O–H groups in total. The van der Waals surface area contributed by atoms with E-state index < -0.39 is 5.03 Å². The molecular formula is C6H8N4O2. The summed E-state index contributed by atoms with van der Waals surface area (Å²) in [5.74, 6) is 5.09. The van der Waals surface area contributed by atoms with Gasteiger partial charge in [0, 0.05) is 5.69 Å². The van der Waals surface area contributed by atoms with Crippen LogP contribution in [0.2, 0.25) is 0 Å². The topological polar surface area (TPSA) is 98.4 Å². The molecule has 0 spiro atoms. The van der Waals surface area contributed by atoms with Crippen molar-refractivity contribution in [1.29, 1.82) is 0 Å². The van der Waals surface area contributed by atoms with Gasteiger partial charge in [-0.3, -0.25) is 0 Å². The van der Waals surface area contributed by atoms with Gasteiger partial charge in [-0.05, 0) is 23.3 Å². The molecular weight excluding hydrogens is 160 g/mol. The van der Waals surface area contributed by atoms with E-state index in [0.717, 1.165) is 0 Å². The quantitative estimate of drug-likeness (QED) is 0.283. The van der Waals surface area contributed by atoms with Crippen LogP contribution in [0.4, 0.5) is 11.4 Å². The predicted molar refractivity (Wildman–Crippen MR) is 44.5 cm³/mol. The van der Waals surface area contributed by atoms with E-state index in [1.807, 2.05) is 0 Å². The Balaban J connectivity index is 2.95. The third kappa shape index (κ3) is 1.61. The van der Waals surface area contributed by atoms with Crippen LogP contribution in [0, 0.1) is 10.1 Å². The van der Waals surface area contributed by atoms with Crippen molar-refractivity contribution in [2.75, 3.05) is 10.9 Å². The number of rotatable bonds is 2. The molecule has 0 aliphatic carbocycles. The minimum absolute atomic E-state index is 0.250. The Morgan fingerprint density at radius 1 is 1.50 bits per heavy atom. The van der Waals surface area contributed by atoms with E-state index in [4.69, 9.17) is 11.6 Å². The summed E-state index contributed by atoms with van der Waals surface area (Å²) in [6.45, 7) is 0. The molecule has 6 heteroatoms. The van der Waals surface area contributed by atoms with E-state index >= 15 is 0 Å². The first-order chi connectivity index (χ1) is 5.61. The molecule has 1 aromatic carbocycles. The third-order valence-electron chi connectivity index (χ3n) is 1.31. The number of anilines is 2. The molecule has 0 atom stereocenters. The lowest BCUT2D eigenvalue weighted by Gasteiger charge is -2.06. The molecule has 12 heavy (non-hydrogen) atoms. The van der Waals surface area contributed by atoms with Crippen LogP contribution in [-0.4, -0.2) is 5.03 Å². The number of nitrogens with two attached hydrogens (primary N) is 2. The molecule has 0 aliphatic heterocycles. The lowest BCUT2D eigenvalue weighted by Crippen LogP contribution is -2.36. The van der Waals surface area contributed by atoms with Crippen LogP contribution in [0.3, 0.4) is 0 Å². The van der Waals surface area contributed by atoms with Crippen LogP contribution in [0.25, 0.3) is 0 Å². The average molecular weight is 168 g/mol. The van der Waals surface area contributed by atoms with Gasteiger partial charge in [0.1, 0.15) is 5.69 Å². The maximum absolute atomic E-state index is 10.2. The molecule has 0 fully saturated rings.